The molecule has 2 aromatic rings. The third kappa shape index (κ3) is 3.36. The van der Waals surface area contributed by atoms with E-state index in [1.165, 1.54) is 0 Å². The molecule has 0 radical (unpaired) electrons. The fourth-order valence-corrected chi connectivity index (χ4v) is 2.06. The maximum atomic E-state index is 10.3. The number of aliphatic hydroxyl groups excluding tert-OH is 1. The predicted octanol–water partition coefficient (Wildman–Crippen LogP) is 2.71. The zero-order valence-electron chi connectivity index (χ0n) is 12.1. The smallest absolute Gasteiger partial charge is 0.157 e. The third-order valence-corrected chi connectivity index (χ3v) is 3.00. The van der Waals surface area contributed by atoms with Crippen LogP contribution in [0.15, 0.2) is 12.4 Å². The Morgan fingerprint density at radius 3 is 2.32 bits per heavy atom. The van der Waals surface area contributed by atoms with Gasteiger partial charge in [0, 0.05) is 37.1 Å². The van der Waals surface area contributed by atoms with Gasteiger partial charge in [0.15, 0.2) is 5.15 Å². The maximum absolute atomic E-state index is 10.3. The lowest BCUT2D eigenvalue weighted by Crippen LogP contribution is -2.00. The monoisotopic (exact) mass is 284 g/mol. The van der Waals surface area contributed by atoms with Gasteiger partial charge in [0.05, 0.1) is 5.69 Å². The summed E-state index contributed by atoms with van der Waals surface area (Å²) >= 11 is 6.01. The van der Waals surface area contributed by atoms with Gasteiger partial charge in [-0.3, -0.25) is 9.36 Å². The van der Waals surface area contributed by atoms with Crippen molar-refractivity contribution in [3.05, 3.63) is 34.4 Å². The highest BCUT2D eigenvalue weighted by Crippen LogP contribution is 2.28. The van der Waals surface area contributed by atoms with E-state index in [1.807, 2.05) is 34.7 Å². The summed E-state index contributed by atoms with van der Waals surface area (Å²) in [4.78, 5) is 0. The van der Waals surface area contributed by atoms with Crippen LogP contribution < -0.4 is 0 Å². The van der Waals surface area contributed by atoms with E-state index in [2.05, 4.69) is 10.2 Å². The van der Waals surface area contributed by atoms with Gasteiger partial charge in [0.2, 0.25) is 0 Å². The molecule has 0 bridgehead atoms. The van der Waals surface area contributed by atoms with E-state index in [1.54, 1.807) is 21.8 Å². The van der Waals surface area contributed by atoms with E-state index in [4.69, 9.17) is 11.6 Å². The molecule has 5 nitrogen and oxygen atoms in total. The zero-order valence-corrected chi connectivity index (χ0v) is 12.8. The fourth-order valence-electron chi connectivity index (χ4n) is 1.81. The number of halogens is 1. The lowest BCUT2D eigenvalue weighted by molar-refractivity contribution is 0.219. The lowest BCUT2D eigenvalue weighted by atomic mass is 10.1. The van der Waals surface area contributed by atoms with E-state index < -0.39 is 6.10 Å². The second kappa shape index (κ2) is 6.73. The normalized spacial score (nSPS) is 11.9. The molecule has 2 rings (SSSR count). The first-order valence-electron chi connectivity index (χ1n) is 6.44. The van der Waals surface area contributed by atoms with Crippen LogP contribution in [-0.4, -0.2) is 24.7 Å². The van der Waals surface area contributed by atoms with Gasteiger partial charge in [-0.15, -0.1) is 0 Å². The van der Waals surface area contributed by atoms with Gasteiger partial charge in [-0.05, 0) is 13.8 Å². The van der Waals surface area contributed by atoms with Crippen LogP contribution in [0.25, 0.3) is 0 Å². The molecule has 106 valence electrons. The van der Waals surface area contributed by atoms with Gasteiger partial charge in [-0.25, -0.2) is 0 Å². The highest BCUT2D eigenvalue weighted by atomic mass is 35.5. The SMILES string of the molecule is CC.CCn1cc(C(O)c2cn(C)nc2C)c(Cl)n1. The molecule has 0 aliphatic carbocycles. The molecule has 0 aliphatic rings. The summed E-state index contributed by atoms with van der Waals surface area (Å²) in [5, 5.41) is 18.9. The molecule has 0 amide bonds. The molecule has 0 spiro atoms. The van der Waals surface area contributed by atoms with Crippen LogP contribution in [0.3, 0.4) is 0 Å². The van der Waals surface area contributed by atoms with Crippen molar-refractivity contribution < 1.29 is 5.11 Å². The van der Waals surface area contributed by atoms with Gasteiger partial charge in [0.1, 0.15) is 6.10 Å². The van der Waals surface area contributed by atoms with E-state index >= 15 is 0 Å². The van der Waals surface area contributed by atoms with E-state index in [9.17, 15) is 5.11 Å². The third-order valence-electron chi connectivity index (χ3n) is 2.71. The van der Waals surface area contributed by atoms with Crippen LogP contribution in [0.2, 0.25) is 5.15 Å². The number of hydrogen-bond acceptors (Lipinski definition) is 3. The van der Waals surface area contributed by atoms with Crippen molar-refractivity contribution in [2.24, 2.45) is 7.05 Å². The number of rotatable bonds is 3. The van der Waals surface area contributed by atoms with E-state index in [0.717, 1.165) is 17.8 Å². The zero-order chi connectivity index (χ0) is 14.6. The van der Waals surface area contributed by atoms with Crippen molar-refractivity contribution >= 4 is 11.6 Å². The Kier molecular flexibility index (Phi) is 5.57. The minimum Gasteiger partial charge on any atom is -0.383 e. The lowest BCUT2D eigenvalue weighted by Gasteiger charge is -2.07. The van der Waals surface area contributed by atoms with Gasteiger partial charge >= 0.3 is 0 Å². The minimum absolute atomic E-state index is 0.336. The number of hydrogen-bond donors (Lipinski definition) is 1. The van der Waals surface area contributed by atoms with Crippen molar-refractivity contribution in [3.63, 3.8) is 0 Å². The Hall–Kier alpha value is -1.33. The van der Waals surface area contributed by atoms with Crippen LogP contribution in [-0.2, 0) is 13.6 Å². The molecule has 1 N–H and O–H groups in total. The molecule has 2 heterocycles. The van der Waals surface area contributed by atoms with Gasteiger partial charge < -0.3 is 5.11 Å². The highest BCUT2D eigenvalue weighted by Gasteiger charge is 2.20. The maximum Gasteiger partial charge on any atom is 0.157 e. The van der Waals surface area contributed by atoms with Crippen LogP contribution in [0, 0.1) is 6.92 Å². The van der Waals surface area contributed by atoms with Crippen LogP contribution in [0.4, 0.5) is 0 Å². The summed E-state index contributed by atoms with van der Waals surface area (Å²) in [5.41, 5.74) is 2.16. The first kappa shape index (κ1) is 15.7. The molecule has 0 saturated carbocycles. The second-order valence-corrected chi connectivity index (χ2v) is 4.34. The van der Waals surface area contributed by atoms with Crippen molar-refractivity contribution in [3.8, 4) is 0 Å². The molecule has 0 aromatic carbocycles. The first-order valence-corrected chi connectivity index (χ1v) is 6.81. The molecule has 0 saturated heterocycles. The molecule has 2 aromatic heterocycles. The molecule has 1 atom stereocenters. The Balaban J connectivity index is 0.000000861. The Morgan fingerprint density at radius 2 is 1.89 bits per heavy atom. The molecule has 19 heavy (non-hydrogen) atoms. The fraction of sp³-hybridized carbons (Fsp3) is 0.538. The van der Waals surface area contributed by atoms with Gasteiger partial charge in [-0.1, -0.05) is 25.4 Å². The number of nitrogens with zero attached hydrogens (tertiary/aromatic N) is 4. The summed E-state index contributed by atoms with van der Waals surface area (Å²) in [6, 6.07) is 0. The molecule has 6 heteroatoms. The Bertz CT molecular complexity index is 533. The largest absolute Gasteiger partial charge is 0.383 e. The summed E-state index contributed by atoms with van der Waals surface area (Å²) in [6.45, 7) is 8.55. The number of aliphatic hydroxyl groups is 1. The van der Waals surface area contributed by atoms with Crippen molar-refractivity contribution in [1.29, 1.82) is 0 Å². The van der Waals surface area contributed by atoms with Crippen LogP contribution >= 0.6 is 11.6 Å². The standard InChI is InChI=1S/C11H15ClN4O.C2H6/c1-4-16-6-9(11(12)14-16)10(17)8-5-15(3)13-7(8)2;1-2/h5-6,10,17H,4H2,1-3H3;1-2H3. The number of aromatic nitrogens is 4. The predicted molar refractivity (Wildman–Crippen MR) is 76.3 cm³/mol. The second-order valence-electron chi connectivity index (χ2n) is 3.98. The summed E-state index contributed by atoms with van der Waals surface area (Å²) < 4.78 is 3.37. The Morgan fingerprint density at radius 1 is 1.26 bits per heavy atom. The van der Waals surface area contributed by atoms with E-state index in [0.29, 0.717) is 10.7 Å². The average molecular weight is 285 g/mol. The molecular weight excluding hydrogens is 264 g/mol. The van der Waals surface area contributed by atoms with Crippen molar-refractivity contribution in [2.45, 2.75) is 40.3 Å². The van der Waals surface area contributed by atoms with Gasteiger partial charge in [-0.2, -0.15) is 10.2 Å². The molecule has 1 unspecified atom stereocenters. The number of aryl methyl sites for hydroxylation is 3. The summed E-state index contributed by atoms with van der Waals surface area (Å²) in [7, 11) is 1.82. The van der Waals surface area contributed by atoms with E-state index in [-0.39, 0.29) is 0 Å². The topological polar surface area (TPSA) is 55.9 Å². The quantitative estimate of drug-likeness (QED) is 0.943. The first-order chi connectivity index (χ1) is 9.02. The summed E-state index contributed by atoms with van der Waals surface area (Å²) in [5.74, 6) is 0. The average Bonchev–Trinajstić information content (AvgIpc) is 2.93. The van der Waals surface area contributed by atoms with Gasteiger partial charge in [0.25, 0.3) is 0 Å². The molecular formula is C13H21ClN4O. The van der Waals surface area contributed by atoms with Crippen LogP contribution in [0.5, 0.6) is 0 Å². The highest BCUT2D eigenvalue weighted by molar-refractivity contribution is 6.30. The minimum atomic E-state index is -0.781. The molecule has 0 fully saturated rings. The van der Waals surface area contributed by atoms with Crippen LogP contribution in [0.1, 0.15) is 43.7 Å². The molecule has 0 aliphatic heterocycles. The van der Waals surface area contributed by atoms with Crippen molar-refractivity contribution in [2.75, 3.05) is 0 Å². The Labute approximate surface area is 118 Å². The summed E-state index contributed by atoms with van der Waals surface area (Å²) in [6.07, 6.45) is 2.77. The van der Waals surface area contributed by atoms with Crippen molar-refractivity contribution in [1.82, 2.24) is 19.6 Å².